The van der Waals surface area contributed by atoms with Crippen LogP contribution in [0.15, 0.2) is 46.9 Å². The van der Waals surface area contributed by atoms with Crippen molar-refractivity contribution in [2.45, 2.75) is 13.3 Å². The van der Waals surface area contributed by atoms with Crippen LogP contribution in [0.5, 0.6) is 0 Å². The van der Waals surface area contributed by atoms with Gasteiger partial charge in [-0.25, -0.2) is 0 Å². The first-order chi connectivity index (χ1) is 12.0. The summed E-state index contributed by atoms with van der Waals surface area (Å²) in [7, 11) is 3.99. The van der Waals surface area contributed by atoms with Crippen LogP contribution in [0.25, 0.3) is 5.57 Å². The Morgan fingerprint density at radius 2 is 1.96 bits per heavy atom. The zero-order valence-electron chi connectivity index (χ0n) is 15.1. The van der Waals surface area contributed by atoms with E-state index in [2.05, 4.69) is 16.3 Å². The molecule has 1 aromatic heterocycles. The van der Waals surface area contributed by atoms with Gasteiger partial charge in [-0.15, -0.1) is 0 Å². The number of nitrogens with one attached hydrogen (secondary N) is 1. The summed E-state index contributed by atoms with van der Waals surface area (Å²) in [6.07, 6.45) is 3.05. The molecule has 1 aliphatic rings. The van der Waals surface area contributed by atoms with Crippen LogP contribution in [0.3, 0.4) is 0 Å². The van der Waals surface area contributed by atoms with Crippen LogP contribution in [-0.2, 0) is 4.79 Å². The molecule has 0 atom stereocenters. The Bertz CT molecular complexity index is 760. The van der Waals surface area contributed by atoms with Crippen LogP contribution in [0.2, 0.25) is 0 Å². The molecular weight excluding hydrogens is 314 g/mol. The zero-order chi connectivity index (χ0) is 17.8. The quantitative estimate of drug-likeness (QED) is 0.907. The van der Waals surface area contributed by atoms with Gasteiger partial charge < -0.3 is 14.6 Å². The van der Waals surface area contributed by atoms with Crippen LogP contribution in [0, 0.1) is 6.92 Å². The highest BCUT2D eigenvalue weighted by molar-refractivity contribution is 5.92. The molecule has 1 aromatic carbocycles. The number of furan rings is 1. The van der Waals surface area contributed by atoms with Gasteiger partial charge in [0.1, 0.15) is 11.5 Å². The van der Waals surface area contributed by atoms with Crippen LogP contribution >= 0.6 is 0 Å². The maximum absolute atomic E-state index is 12.3. The van der Waals surface area contributed by atoms with E-state index in [-0.39, 0.29) is 5.91 Å². The van der Waals surface area contributed by atoms with Crippen molar-refractivity contribution in [3.8, 4) is 0 Å². The van der Waals surface area contributed by atoms with Crippen LogP contribution in [0.4, 0.5) is 11.4 Å². The van der Waals surface area contributed by atoms with Crippen molar-refractivity contribution in [2.75, 3.05) is 43.9 Å². The Labute approximate surface area is 148 Å². The first-order valence-corrected chi connectivity index (χ1v) is 8.57. The largest absolute Gasteiger partial charge is 0.462 e. The van der Waals surface area contributed by atoms with Crippen molar-refractivity contribution in [2.24, 2.45) is 0 Å². The summed E-state index contributed by atoms with van der Waals surface area (Å²) in [6.45, 7) is 3.98. The zero-order valence-corrected chi connectivity index (χ0v) is 15.1. The molecule has 0 saturated carbocycles. The lowest BCUT2D eigenvalue weighted by atomic mass is 10.1. The molecule has 5 heteroatoms. The van der Waals surface area contributed by atoms with Crippen LogP contribution in [0.1, 0.15) is 17.9 Å². The number of hydrogen-bond acceptors (Lipinski definition) is 4. The molecule has 3 rings (SSSR count). The minimum absolute atomic E-state index is 0.0169. The van der Waals surface area contributed by atoms with Crippen molar-refractivity contribution in [3.63, 3.8) is 0 Å². The van der Waals surface area contributed by atoms with Gasteiger partial charge in [0.05, 0.1) is 6.54 Å². The van der Waals surface area contributed by atoms with Gasteiger partial charge in [-0.1, -0.05) is 6.08 Å². The molecule has 0 fully saturated rings. The lowest BCUT2D eigenvalue weighted by Gasteiger charge is -2.25. The number of hydrogen-bond donors (Lipinski definition) is 1. The molecule has 25 heavy (non-hydrogen) atoms. The number of carbonyl (C=O) groups excluding carboxylic acids is 1. The van der Waals surface area contributed by atoms with Crippen LogP contribution < -0.4 is 10.2 Å². The highest BCUT2D eigenvalue weighted by Gasteiger charge is 2.17. The Morgan fingerprint density at radius 1 is 1.20 bits per heavy atom. The van der Waals surface area contributed by atoms with Crippen LogP contribution in [-0.4, -0.2) is 44.5 Å². The smallest absolute Gasteiger partial charge is 0.238 e. The first-order valence-electron chi connectivity index (χ1n) is 8.57. The molecule has 0 spiro atoms. The SMILES string of the molecule is Cc1ccc(C2=CCN(CC(=O)Nc3ccc(N(C)C)cc3)CC2)o1. The number of amides is 1. The van der Waals surface area contributed by atoms with Gasteiger partial charge in [0.2, 0.25) is 5.91 Å². The predicted octanol–water partition coefficient (Wildman–Crippen LogP) is 3.38. The second-order valence-electron chi connectivity index (χ2n) is 6.61. The van der Waals surface area contributed by atoms with Gasteiger partial charge in [-0.05, 0) is 55.3 Å². The molecule has 2 aromatic rings. The number of nitrogens with zero attached hydrogens (tertiary/aromatic N) is 2. The number of benzene rings is 1. The molecule has 5 nitrogen and oxygen atoms in total. The monoisotopic (exact) mass is 339 g/mol. The Balaban J connectivity index is 1.51. The summed E-state index contributed by atoms with van der Waals surface area (Å²) in [5, 5.41) is 2.96. The molecule has 1 N–H and O–H groups in total. The normalized spacial score (nSPS) is 14.9. The second kappa shape index (κ2) is 7.57. The van der Waals surface area contributed by atoms with Gasteiger partial charge in [0, 0.05) is 38.6 Å². The third-order valence-corrected chi connectivity index (χ3v) is 4.38. The fraction of sp³-hybridized carbons (Fsp3) is 0.350. The molecule has 1 amide bonds. The lowest BCUT2D eigenvalue weighted by molar-refractivity contribution is -0.117. The molecule has 2 heterocycles. The highest BCUT2D eigenvalue weighted by atomic mass is 16.3. The average molecular weight is 339 g/mol. The van der Waals surface area contributed by atoms with E-state index in [1.807, 2.05) is 62.3 Å². The Hall–Kier alpha value is -2.53. The van der Waals surface area contributed by atoms with E-state index in [1.54, 1.807) is 0 Å². The fourth-order valence-electron chi connectivity index (χ4n) is 2.93. The predicted molar refractivity (Wildman–Crippen MR) is 102 cm³/mol. The molecule has 1 aliphatic heterocycles. The number of carbonyl (C=O) groups is 1. The minimum atomic E-state index is 0.0169. The summed E-state index contributed by atoms with van der Waals surface area (Å²) in [5.41, 5.74) is 3.17. The number of anilines is 2. The van der Waals surface area contributed by atoms with E-state index in [0.29, 0.717) is 6.54 Å². The topological polar surface area (TPSA) is 48.7 Å². The first kappa shape index (κ1) is 17.3. The van der Waals surface area contributed by atoms with Gasteiger partial charge in [0.15, 0.2) is 0 Å². The fourth-order valence-corrected chi connectivity index (χ4v) is 2.93. The molecule has 0 bridgehead atoms. The van der Waals surface area contributed by atoms with E-state index in [1.165, 1.54) is 5.57 Å². The average Bonchev–Trinajstić information content (AvgIpc) is 3.02. The standard InChI is InChI=1S/C20H25N3O2/c1-15-4-9-19(25-15)16-10-12-23(13-11-16)14-20(24)21-17-5-7-18(8-6-17)22(2)3/h4-10H,11-14H2,1-3H3,(H,21,24). The van der Waals surface area contributed by atoms with Crippen molar-refractivity contribution in [1.82, 2.24) is 4.90 Å². The van der Waals surface area contributed by atoms with Crippen molar-refractivity contribution < 1.29 is 9.21 Å². The molecule has 0 radical (unpaired) electrons. The van der Waals surface area contributed by atoms with E-state index < -0.39 is 0 Å². The summed E-state index contributed by atoms with van der Waals surface area (Å²) in [5.74, 6) is 1.89. The van der Waals surface area contributed by atoms with E-state index in [0.717, 1.165) is 42.4 Å². The summed E-state index contributed by atoms with van der Waals surface area (Å²) in [4.78, 5) is 16.4. The maximum atomic E-state index is 12.3. The van der Waals surface area contributed by atoms with Gasteiger partial charge in [-0.3, -0.25) is 9.69 Å². The summed E-state index contributed by atoms with van der Waals surface area (Å²) < 4.78 is 5.68. The van der Waals surface area contributed by atoms with E-state index >= 15 is 0 Å². The van der Waals surface area contributed by atoms with Gasteiger partial charge in [0.25, 0.3) is 0 Å². The maximum Gasteiger partial charge on any atom is 0.238 e. The summed E-state index contributed by atoms with van der Waals surface area (Å²) >= 11 is 0. The Morgan fingerprint density at radius 3 is 2.52 bits per heavy atom. The number of aryl methyl sites for hydroxylation is 1. The Kier molecular flexibility index (Phi) is 5.24. The second-order valence-corrected chi connectivity index (χ2v) is 6.61. The van der Waals surface area contributed by atoms with Crippen molar-refractivity contribution in [3.05, 3.63) is 54.0 Å². The third-order valence-electron chi connectivity index (χ3n) is 4.38. The third kappa shape index (κ3) is 4.51. The molecular formula is C20H25N3O2. The van der Waals surface area contributed by atoms with Crippen molar-refractivity contribution in [1.29, 1.82) is 0 Å². The van der Waals surface area contributed by atoms with E-state index in [9.17, 15) is 4.79 Å². The van der Waals surface area contributed by atoms with Gasteiger partial charge in [-0.2, -0.15) is 0 Å². The highest BCUT2D eigenvalue weighted by Crippen LogP contribution is 2.24. The lowest BCUT2D eigenvalue weighted by Crippen LogP contribution is -2.36. The van der Waals surface area contributed by atoms with E-state index in [4.69, 9.17) is 4.42 Å². The molecule has 132 valence electrons. The van der Waals surface area contributed by atoms with Crippen molar-refractivity contribution >= 4 is 22.9 Å². The minimum Gasteiger partial charge on any atom is -0.462 e. The number of rotatable bonds is 5. The molecule has 0 aliphatic carbocycles. The molecule has 0 unspecified atom stereocenters. The molecule has 0 saturated heterocycles. The summed E-state index contributed by atoms with van der Waals surface area (Å²) in [6, 6.07) is 11.9. The van der Waals surface area contributed by atoms with Gasteiger partial charge >= 0.3 is 0 Å².